The number of benzene rings is 1. The van der Waals surface area contributed by atoms with Crippen molar-refractivity contribution >= 4 is 11.8 Å². The van der Waals surface area contributed by atoms with E-state index in [1.54, 1.807) is 31.4 Å². The molecule has 0 bridgehead atoms. The molecule has 3 rings (SSSR count). The summed E-state index contributed by atoms with van der Waals surface area (Å²) >= 11 is 0. The van der Waals surface area contributed by atoms with Gasteiger partial charge in [0.15, 0.2) is 0 Å². The largest absolute Gasteiger partial charge is 0.381 e. The predicted octanol–water partition coefficient (Wildman–Crippen LogP) is 1.44. The first-order valence-corrected chi connectivity index (χ1v) is 8.43. The predicted molar refractivity (Wildman–Crippen MR) is 88.7 cm³/mol. The number of nitrogens with two attached hydrogens (primary N) is 1. The number of carbonyl (C=O) groups excluding carboxylic acids is 2. The van der Waals surface area contributed by atoms with Crippen molar-refractivity contribution in [3.63, 3.8) is 0 Å². The van der Waals surface area contributed by atoms with Crippen LogP contribution in [-0.2, 0) is 9.47 Å². The SMILES string of the molecule is COC1CCCC1C1COCCN1C(=O)c1cccc(C(N)=O)c1. The van der Waals surface area contributed by atoms with Crippen molar-refractivity contribution in [3.05, 3.63) is 35.4 Å². The molecule has 0 radical (unpaired) electrons. The maximum atomic E-state index is 13.0. The minimum absolute atomic E-state index is 0.0101. The Morgan fingerprint density at radius 2 is 2.08 bits per heavy atom. The molecule has 6 heteroatoms. The second-order valence-electron chi connectivity index (χ2n) is 6.45. The van der Waals surface area contributed by atoms with Crippen LogP contribution in [0.1, 0.15) is 40.0 Å². The highest BCUT2D eigenvalue weighted by molar-refractivity contribution is 5.99. The summed E-state index contributed by atoms with van der Waals surface area (Å²) < 4.78 is 11.2. The van der Waals surface area contributed by atoms with Crippen molar-refractivity contribution in [2.45, 2.75) is 31.4 Å². The van der Waals surface area contributed by atoms with Gasteiger partial charge in [-0.3, -0.25) is 9.59 Å². The molecule has 1 heterocycles. The Bertz CT molecular complexity index is 619. The van der Waals surface area contributed by atoms with E-state index >= 15 is 0 Å². The van der Waals surface area contributed by atoms with Gasteiger partial charge in [0.05, 0.1) is 25.4 Å². The smallest absolute Gasteiger partial charge is 0.254 e. The fourth-order valence-electron chi connectivity index (χ4n) is 3.89. The van der Waals surface area contributed by atoms with Crippen molar-refractivity contribution in [2.75, 3.05) is 26.9 Å². The van der Waals surface area contributed by atoms with E-state index in [9.17, 15) is 9.59 Å². The Morgan fingerprint density at radius 3 is 2.83 bits per heavy atom. The van der Waals surface area contributed by atoms with Crippen LogP contribution in [-0.4, -0.2) is 55.7 Å². The zero-order valence-corrected chi connectivity index (χ0v) is 13.9. The van der Waals surface area contributed by atoms with Crippen LogP contribution in [0.3, 0.4) is 0 Å². The van der Waals surface area contributed by atoms with E-state index in [1.807, 2.05) is 4.90 Å². The monoisotopic (exact) mass is 332 g/mol. The molecule has 6 nitrogen and oxygen atoms in total. The van der Waals surface area contributed by atoms with Crippen molar-refractivity contribution < 1.29 is 19.1 Å². The highest BCUT2D eigenvalue weighted by Gasteiger charge is 2.40. The first kappa shape index (κ1) is 16.9. The molecular formula is C18H24N2O4. The lowest BCUT2D eigenvalue weighted by molar-refractivity contribution is -0.0460. The van der Waals surface area contributed by atoms with Gasteiger partial charge in [-0.05, 0) is 31.0 Å². The number of hydrogen-bond acceptors (Lipinski definition) is 4. The Kier molecular flexibility index (Phi) is 5.16. The maximum absolute atomic E-state index is 13.0. The van der Waals surface area contributed by atoms with E-state index < -0.39 is 5.91 Å². The first-order valence-electron chi connectivity index (χ1n) is 8.43. The highest BCUT2D eigenvalue weighted by Crippen LogP contribution is 2.34. The number of methoxy groups -OCH3 is 1. The Hall–Kier alpha value is -1.92. The number of morpholine rings is 1. The molecule has 1 saturated heterocycles. The number of primary amides is 1. The molecule has 2 amide bonds. The minimum Gasteiger partial charge on any atom is -0.381 e. The molecule has 1 aromatic rings. The molecule has 24 heavy (non-hydrogen) atoms. The summed E-state index contributed by atoms with van der Waals surface area (Å²) in [6.45, 7) is 1.62. The summed E-state index contributed by atoms with van der Waals surface area (Å²) in [4.78, 5) is 26.3. The van der Waals surface area contributed by atoms with Gasteiger partial charge in [-0.1, -0.05) is 12.5 Å². The second kappa shape index (κ2) is 7.32. The summed E-state index contributed by atoms with van der Waals surface area (Å²) in [6.07, 6.45) is 3.34. The van der Waals surface area contributed by atoms with Gasteiger partial charge in [0.2, 0.25) is 5.91 Å². The van der Waals surface area contributed by atoms with E-state index in [-0.39, 0.29) is 18.1 Å². The standard InChI is InChI=1S/C18H24N2O4/c1-23-16-7-3-6-14(16)15-11-24-9-8-20(15)18(22)13-5-2-4-12(10-13)17(19)21/h2,4-5,10,14-16H,3,6-9,11H2,1H3,(H2,19,21). The number of ether oxygens (including phenoxy) is 2. The average molecular weight is 332 g/mol. The Labute approximate surface area is 141 Å². The fourth-order valence-corrected chi connectivity index (χ4v) is 3.89. The fraction of sp³-hybridized carbons (Fsp3) is 0.556. The molecule has 0 spiro atoms. The van der Waals surface area contributed by atoms with Crippen LogP contribution in [0.2, 0.25) is 0 Å². The van der Waals surface area contributed by atoms with Gasteiger partial charge in [0.1, 0.15) is 0 Å². The topological polar surface area (TPSA) is 81.9 Å². The normalized spacial score (nSPS) is 27.2. The zero-order valence-electron chi connectivity index (χ0n) is 13.9. The molecule has 2 aliphatic rings. The summed E-state index contributed by atoms with van der Waals surface area (Å²) in [5.74, 6) is -0.315. The molecule has 1 aliphatic heterocycles. The molecule has 3 unspecified atom stereocenters. The van der Waals surface area contributed by atoms with Crippen LogP contribution in [0.5, 0.6) is 0 Å². The Morgan fingerprint density at radius 1 is 1.29 bits per heavy atom. The summed E-state index contributed by atoms with van der Waals surface area (Å²) in [6, 6.07) is 6.61. The van der Waals surface area contributed by atoms with Crippen LogP contribution in [0.15, 0.2) is 24.3 Å². The van der Waals surface area contributed by atoms with Gasteiger partial charge in [-0.2, -0.15) is 0 Å². The zero-order chi connectivity index (χ0) is 17.1. The summed E-state index contributed by atoms with van der Waals surface area (Å²) in [5.41, 5.74) is 6.16. The van der Waals surface area contributed by atoms with Gasteiger partial charge in [0.25, 0.3) is 5.91 Å². The van der Waals surface area contributed by atoms with E-state index in [0.29, 0.717) is 36.8 Å². The van der Waals surface area contributed by atoms with Crippen LogP contribution in [0, 0.1) is 5.92 Å². The quantitative estimate of drug-likeness (QED) is 0.904. The van der Waals surface area contributed by atoms with Gasteiger partial charge in [-0.25, -0.2) is 0 Å². The van der Waals surface area contributed by atoms with Gasteiger partial charge < -0.3 is 20.1 Å². The minimum atomic E-state index is -0.529. The molecule has 0 aromatic heterocycles. The number of rotatable bonds is 4. The molecule has 1 aliphatic carbocycles. The van der Waals surface area contributed by atoms with Crippen LogP contribution >= 0.6 is 0 Å². The molecule has 1 saturated carbocycles. The van der Waals surface area contributed by atoms with E-state index in [1.165, 1.54) is 0 Å². The molecular weight excluding hydrogens is 308 g/mol. The lowest BCUT2D eigenvalue weighted by atomic mass is 9.93. The van der Waals surface area contributed by atoms with Crippen LogP contribution in [0.4, 0.5) is 0 Å². The van der Waals surface area contributed by atoms with Crippen molar-refractivity contribution in [2.24, 2.45) is 11.7 Å². The molecule has 130 valence electrons. The number of nitrogens with zero attached hydrogens (tertiary/aromatic N) is 1. The molecule has 2 N–H and O–H groups in total. The van der Waals surface area contributed by atoms with Crippen LogP contribution < -0.4 is 5.73 Å². The van der Waals surface area contributed by atoms with E-state index in [2.05, 4.69) is 0 Å². The van der Waals surface area contributed by atoms with Gasteiger partial charge in [-0.15, -0.1) is 0 Å². The second-order valence-corrected chi connectivity index (χ2v) is 6.45. The summed E-state index contributed by atoms with van der Waals surface area (Å²) in [7, 11) is 1.73. The summed E-state index contributed by atoms with van der Waals surface area (Å²) in [5, 5.41) is 0. The number of hydrogen-bond donors (Lipinski definition) is 1. The van der Waals surface area contributed by atoms with Crippen molar-refractivity contribution in [3.8, 4) is 0 Å². The van der Waals surface area contributed by atoms with E-state index in [4.69, 9.17) is 15.2 Å². The lowest BCUT2D eigenvalue weighted by Crippen LogP contribution is -2.53. The number of amides is 2. The third-order valence-corrected chi connectivity index (χ3v) is 5.12. The van der Waals surface area contributed by atoms with Crippen molar-refractivity contribution in [1.82, 2.24) is 4.90 Å². The number of carbonyl (C=O) groups is 2. The Balaban J connectivity index is 1.83. The van der Waals surface area contributed by atoms with Gasteiger partial charge >= 0.3 is 0 Å². The van der Waals surface area contributed by atoms with E-state index in [0.717, 1.165) is 19.3 Å². The first-order chi connectivity index (χ1) is 11.6. The lowest BCUT2D eigenvalue weighted by Gasteiger charge is -2.40. The van der Waals surface area contributed by atoms with Crippen LogP contribution in [0.25, 0.3) is 0 Å². The van der Waals surface area contributed by atoms with Gasteiger partial charge in [0, 0.05) is 30.7 Å². The highest BCUT2D eigenvalue weighted by atomic mass is 16.5. The maximum Gasteiger partial charge on any atom is 0.254 e. The molecule has 2 fully saturated rings. The van der Waals surface area contributed by atoms with Crippen molar-refractivity contribution in [1.29, 1.82) is 0 Å². The molecule has 1 aromatic carbocycles. The third kappa shape index (κ3) is 3.30. The average Bonchev–Trinajstić information content (AvgIpc) is 3.09. The third-order valence-electron chi connectivity index (χ3n) is 5.12. The molecule has 3 atom stereocenters.